The molecule has 3 nitrogen and oxygen atoms in total. The van der Waals surface area contributed by atoms with Crippen LogP contribution in [0.1, 0.15) is 0 Å². The van der Waals surface area contributed by atoms with E-state index in [0.717, 1.165) is 0 Å². The number of hydrogen-bond donors (Lipinski definition) is 2. The van der Waals surface area contributed by atoms with E-state index in [4.69, 9.17) is 4.55 Å². The van der Waals surface area contributed by atoms with Crippen LogP contribution in [0.15, 0.2) is 16.2 Å². The quantitative estimate of drug-likeness (QED) is 0.480. The molecule has 1 aromatic heterocycles. The summed E-state index contributed by atoms with van der Waals surface area (Å²) >= 11 is 0. The molecular weight excluding hydrogens is 114 g/mol. The maximum atomic E-state index is 10.1. The van der Waals surface area contributed by atoms with Gasteiger partial charge in [-0.1, -0.05) is 0 Å². The Morgan fingerprint density at radius 3 is 2.71 bits per heavy atom. The minimum Gasteiger partial charge on any atom is -0.265 e. The molecule has 1 rings (SSSR count). The van der Waals surface area contributed by atoms with Crippen molar-refractivity contribution >= 4 is 10.9 Å². The number of nitrogens with one attached hydrogen (secondary N) is 1. The molecule has 0 radical (unpaired) electrons. The van der Waals surface area contributed by atoms with Gasteiger partial charge in [-0.15, -0.1) is 8.93 Å². The highest BCUT2D eigenvalue weighted by atomic mass is 32.2. The van der Waals surface area contributed by atoms with Crippen molar-refractivity contribution in [1.82, 2.24) is 4.37 Å². The SMILES string of the molecule is O=c1cc[s+](O)[nH]1. The highest BCUT2D eigenvalue weighted by molar-refractivity contribution is 7.17. The number of aromatic amines is 1. The highest BCUT2D eigenvalue weighted by Gasteiger charge is 1.95. The van der Waals surface area contributed by atoms with Crippen LogP contribution in [0, 0.1) is 0 Å². The molecule has 38 valence electrons. The van der Waals surface area contributed by atoms with Gasteiger partial charge in [-0.25, -0.2) is 0 Å². The molecule has 0 bridgehead atoms. The van der Waals surface area contributed by atoms with Crippen LogP contribution < -0.4 is 5.56 Å². The van der Waals surface area contributed by atoms with E-state index < -0.39 is 10.9 Å². The lowest BCUT2D eigenvalue weighted by atomic mass is 10.8. The molecule has 0 aliphatic heterocycles. The molecule has 1 aromatic rings. The third kappa shape index (κ3) is 0.880. The van der Waals surface area contributed by atoms with Crippen molar-refractivity contribution < 1.29 is 4.55 Å². The summed E-state index contributed by atoms with van der Waals surface area (Å²) in [6.45, 7) is 0. The van der Waals surface area contributed by atoms with Crippen LogP contribution in [0.5, 0.6) is 0 Å². The van der Waals surface area contributed by atoms with Crippen LogP contribution in [0.4, 0.5) is 0 Å². The zero-order valence-electron chi connectivity index (χ0n) is 3.42. The fourth-order valence-corrected chi connectivity index (χ4v) is 0.892. The van der Waals surface area contributed by atoms with E-state index in [0.29, 0.717) is 0 Å². The fraction of sp³-hybridized carbons (Fsp3) is 0. The van der Waals surface area contributed by atoms with Crippen LogP contribution in [-0.4, -0.2) is 8.93 Å². The monoisotopic (exact) mass is 118 g/mol. The second-order valence-corrected chi connectivity index (χ2v) is 2.19. The van der Waals surface area contributed by atoms with E-state index in [1.54, 1.807) is 0 Å². The van der Waals surface area contributed by atoms with E-state index >= 15 is 0 Å². The molecule has 2 N–H and O–H groups in total. The van der Waals surface area contributed by atoms with E-state index in [-0.39, 0.29) is 5.56 Å². The van der Waals surface area contributed by atoms with Gasteiger partial charge in [0.2, 0.25) is 16.3 Å². The molecule has 0 aromatic carbocycles. The summed E-state index contributed by atoms with van der Waals surface area (Å²) in [6.07, 6.45) is 0. The summed E-state index contributed by atoms with van der Waals surface area (Å²) in [7, 11) is -0.983. The number of rotatable bonds is 0. The first-order chi connectivity index (χ1) is 3.29. The molecule has 0 aliphatic rings. The zero-order chi connectivity index (χ0) is 5.28. The summed E-state index contributed by atoms with van der Waals surface area (Å²) in [6, 6.07) is 1.31. The van der Waals surface area contributed by atoms with Crippen LogP contribution in [-0.2, 0) is 0 Å². The van der Waals surface area contributed by atoms with Gasteiger partial charge in [-0.05, 0) is 0 Å². The van der Waals surface area contributed by atoms with E-state index in [2.05, 4.69) is 4.37 Å². The van der Waals surface area contributed by atoms with Crippen molar-refractivity contribution in [3.63, 3.8) is 0 Å². The lowest BCUT2D eigenvalue weighted by Crippen LogP contribution is -1.92. The third-order valence-electron chi connectivity index (χ3n) is 0.553. The lowest BCUT2D eigenvalue weighted by molar-refractivity contribution is 0.635. The predicted octanol–water partition coefficient (Wildman–Crippen LogP) is 0.260. The van der Waals surface area contributed by atoms with E-state index in [1.807, 2.05) is 0 Å². The molecule has 0 fully saturated rings. The average Bonchev–Trinajstić information content (AvgIpc) is 1.87. The number of hydrogen-bond acceptors (Lipinski definition) is 2. The van der Waals surface area contributed by atoms with Crippen molar-refractivity contribution in [3.8, 4) is 0 Å². The Labute approximate surface area is 42.6 Å². The molecule has 0 spiro atoms. The second-order valence-electron chi connectivity index (χ2n) is 1.08. The Bertz CT molecular complexity index is 201. The minimum atomic E-state index is -0.983. The van der Waals surface area contributed by atoms with Gasteiger partial charge in [0, 0.05) is 0 Å². The minimum absolute atomic E-state index is 0.217. The Kier molecular flexibility index (Phi) is 0.958. The van der Waals surface area contributed by atoms with Crippen LogP contribution >= 0.6 is 10.9 Å². The first-order valence-electron chi connectivity index (χ1n) is 1.70. The highest BCUT2D eigenvalue weighted by Crippen LogP contribution is 1.97. The standard InChI is InChI=1S/C3H3NO2S/c5-3-1-2-7(6)4-3/h1-2,6H/p+1. The lowest BCUT2D eigenvalue weighted by Gasteiger charge is -1.55. The molecule has 0 saturated heterocycles. The molecule has 7 heavy (non-hydrogen) atoms. The van der Waals surface area contributed by atoms with Crippen molar-refractivity contribution in [2.45, 2.75) is 0 Å². The Morgan fingerprint density at radius 2 is 2.57 bits per heavy atom. The van der Waals surface area contributed by atoms with Crippen LogP contribution in [0.2, 0.25) is 0 Å². The first-order valence-corrected chi connectivity index (χ1v) is 2.94. The largest absolute Gasteiger partial charge is 0.295 e. The fourth-order valence-electron chi connectivity index (χ4n) is 0.297. The molecule has 1 heterocycles. The molecule has 0 aliphatic carbocycles. The van der Waals surface area contributed by atoms with Gasteiger partial charge in [-0.2, -0.15) is 0 Å². The smallest absolute Gasteiger partial charge is 0.265 e. The van der Waals surface area contributed by atoms with Gasteiger partial charge in [0.25, 0.3) is 5.56 Å². The van der Waals surface area contributed by atoms with Crippen LogP contribution in [0.3, 0.4) is 0 Å². The maximum absolute atomic E-state index is 10.1. The van der Waals surface area contributed by atoms with E-state index in [9.17, 15) is 4.79 Å². The summed E-state index contributed by atoms with van der Waals surface area (Å²) in [4.78, 5) is 10.1. The molecular formula is C3H4NO2S+. The third-order valence-corrected chi connectivity index (χ3v) is 1.36. The average molecular weight is 118 g/mol. The van der Waals surface area contributed by atoms with Crippen molar-refractivity contribution in [1.29, 1.82) is 0 Å². The van der Waals surface area contributed by atoms with E-state index in [1.165, 1.54) is 11.4 Å². The number of aromatic nitrogens is 1. The van der Waals surface area contributed by atoms with Crippen molar-refractivity contribution in [2.75, 3.05) is 0 Å². The summed E-state index contributed by atoms with van der Waals surface area (Å²) in [5.74, 6) is 0. The van der Waals surface area contributed by atoms with Crippen molar-refractivity contribution in [2.24, 2.45) is 0 Å². The molecule has 1 unspecified atom stereocenters. The first kappa shape index (κ1) is 4.55. The number of H-pyrrole nitrogens is 1. The summed E-state index contributed by atoms with van der Waals surface area (Å²) in [5.41, 5.74) is -0.217. The molecule has 0 saturated carbocycles. The molecule has 1 atom stereocenters. The predicted molar refractivity (Wildman–Crippen MR) is 26.9 cm³/mol. The molecule has 4 heteroatoms. The van der Waals surface area contributed by atoms with Gasteiger partial charge in [0.1, 0.15) is 0 Å². The Balaban J connectivity index is 3.30. The summed E-state index contributed by atoms with van der Waals surface area (Å²) in [5, 5.41) is 1.42. The van der Waals surface area contributed by atoms with Gasteiger partial charge in [0.05, 0.1) is 6.07 Å². The zero-order valence-corrected chi connectivity index (χ0v) is 4.23. The molecule has 0 amide bonds. The Hall–Kier alpha value is -0.610. The Morgan fingerprint density at radius 1 is 1.86 bits per heavy atom. The topological polar surface area (TPSA) is 53.1 Å². The second kappa shape index (κ2) is 1.48. The van der Waals surface area contributed by atoms with Crippen molar-refractivity contribution in [3.05, 3.63) is 21.8 Å². The van der Waals surface area contributed by atoms with Gasteiger partial charge in [0.15, 0.2) is 0 Å². The van der Waals surface area contributed by atoms with Gasteiger partial charge in [-0.3, -0.25) is 4.79 Å². The normalized spacial score (nSPS) is 11.9. The van der Waals surface area contributed by atoms with Gasteiger partial charge >= 0.3 is 0 Å². The van der Waals surface area contributed by atoms with Gasteiger partial charge < -0.3 is 0 Å². The maximum Gasteiger partial charge on any atom is 0.295 e. The van der Waals surface area contributed by atoms with Crippen LogP contribution in [0.25, 0.3) is 0 Å². The summed E-state index contributed by atoms with van der Waals surface area (Å²) < 4.78 is 10.8.